The molecule has 2 aliphatic heterocycles. The average molecular weight is 421 g/mol. The highest BCUT2D eigenvalue weighted by Gasteiger charge is 2.32. The number of ether oxygens (including phenoxy) is 2. The molecule has 3 heterocycles. The molecule has 0 N–H and O–H groups in total. The molecule has 9 nitrogen and oxygen atoms in total. The molecule has 0 aliphatic carbocycles. The zero-order valence-electron chi connectivity index (χ0n) is 17.2. The highest BCUT2D eigenvalue weighted by molar-refractivity contribution is 6.18. The van der Waals surface area contributed by atoms with Crippen LogP contribution >= 0.6 is 0 Å². The summed E-state index contributed by atoms with van der Waals surface area (Å²) in [5.74, 6) is -0.392. The summed E-state index contributed by atoms with van der Waals surface area (Å²) >= 11 is 0. The molecule has 1 aromatic carbocycles. The van der Waals surface area contributed by atoms with Crippen LogP contribution in [0.25, 0.3) is 5.69 Å². The number of carbonyl (C=O) groups excluding carboxylic acids is 2. The molecule has 2 aliphatic rings. The molecule has 0 bridgehead atoms. The Morgan fingerprint density at radius 3 is 2.81 bits per heavy atom. The number of aliphatic imine (C=N–C) groups is 1. The first kappa shape index (κ1) is 20.5. The number of aromatic nitrogens is 3. The molecule has 1 amide bonds. The molecule has 0 spiro atoms. The summed E-state index contributed by atoms with van der Waals surface area (Å²) in [7, 11) is 0. The van der Waals surface area contributed by atoms with Crippen molar-refractivity contribution in [2.45, 2.75) is 25.9 Å². The molecule has 1 saturated heterocycles. The van der Waals surface area contributed by atoms with Gasteiger partial charge in [0, 0.05) is 12.7 Å². The molecule has 1 unspecified atom stereocenters. The molecule has 1 fully saturated rings. The number of cyclic esters (lactones) is 1. The number of hydrogen-bond acceptors (Lipinski definition) is 7. The summed E-state index contributed by atoms with van der Waals surface area (Å²) in [6, 6.07) is 7.22. The van der Waals surface area contributed by atoms with E-state index in [1.54, 1.807) is 36.4 Å². The van der Waals surface area contributed by atoms with E-state index in [1.165, 1.54) is 11.0 Å². The molecule has 1 aromatic heterocycles. The Hall–Kier alpha value is -3.75. The van der Waals surface area contributed by atoms with E-state index >= 15 is 0 Å². The lowest BCUT2D eigenvalue weighted by atomic mass is 10.1. The van der Waals surface area contributed by atoms with Gasteiger partial charge in [-0.15, -0.1) is 0 Å². The van der Waals surface area contributed by atoms with Gasteiger partial charge in [0.25, 0.3) is 5.91 Å². The van der Waals surface area contributed by atoms with Crippen molar-refractivity contribution in [2.24, 2.45) is 4.99 Å². The first-order chi connectivity index (χ1) is 15.1. The monoisotopic (exact) mass is 421 g/mol. The van der Waals surface area contributed by atoms with Gasteiger partial charge in [-0.25, -0.2) is 9.79 Å². The predicted molar refractivity (Wildman–Crippen MR) is 113 cm³/mol. The van der Waals surface area contributed by atoms with E-state index < -0.39 is 5.97 Å². The number of benzene rings is 1. The molecule has 2 aromatic rings. The fourth-order valence-electron chi connectivity index (χ4n) is 3.72. The molecule has 1 atom stereocenters. The van der Waals surface area contributed by atoms with E-state index in [0.29, 0.717) is 29.9 Å². The van der Waals surface area contributed by atoms with E-state index in [0.717, 1.165) is 18.4 Å². The summed E-state index contributed by atoms with van der Waals surface area (Å²) < 4.78 is 11.1. The van der Waals surface area contributed by atoms with Gasteiger partial charge in [0.05, 0.1) is 30.2 Å². The van der Waals surface area contributed by atoms with Crippen molar-refractivity contribution in [3.63, 3.8) is 0 Å². The van der Waals surface area contributed by atoms with Crippen LogP contribution in [0.15, 0.2) is 65.6 Å². The second-order valence-electron chi connectivity index (χ2n) is 7.32. The first-order valence-electron chi connectivity index (χ1n) is 10.1. The smallest absolute Gasteiger partial charge is 0.344 e. The van der Waals surface area contributed by atoms with Gasteiger partial charge in [-0.05, 0) is 37.5 Å². The summed E-state index contributed by atoms with van der Waals surface area (Å²) in [5, 5.41) is 8.29. The number of esters is 1. The lowest BCUT2D eigenvalue weighted by Crippen LogP contribution is -2.44. The molecule has 31 heavy (non-hydrogen) atoms. The molecule has 160 valence electrons. The number of likely N-dealkylation sites (tertiary alicyclic amines) is 1. The van der Waals surface area contributed by atoms with Crippen LogP contribution in [0, 0.1) is 0 Å². The fraction of sp³-hybridized carbons (Fsp3) is 0.318. The number of amides is 1. The lowest BCUT2D eigenvalue weighted by Gasteiger charge is -2.33. The van der Waals surface area contributed by atoms with Gasteiger partial charge in [0.15, 0.2) is 0 Å². The van der Waals surface area contributed by atoms with E-state index in [2.05, 4.69) is 21.8 Å². The maximum Gasteiger partial charge on any atom is 0.344 e. The Morgan fingerprint density at radius 1 is 1.32 bits per heavy atom. The van der Waals surface area contributed by atoms with Crippen molar-refractivity contribution >= 4 is 17.8 Å². The van der Waals surface area contributed by atoms with Crippen LogP contribution in [0.2, 0.25) is 0 Å². The third-order valence-corrected chi connectivity index (χ3v) is 5.19. The number of para-hydroxylation sites is 1. The summed E-state index contributed by atoms with van der Waals surface area (Å²) in [6.45, 7) is 6.62. The van der Waals surface area contributed by atoms with Crippen molar-refractivity contribution in [1.29, 1.82) is 0 Å². The molecule has 0 radical (unpaired) electrons. The van der Waals surface area contributed by atoms with Gasteiger partial charge >= 0.3 is 5.97 Å². The van der Waals surface area contributed by atoms with E-state index in [9.17, 15) is 9.59 Å². The Kier molecular flexibility index (Phi) is 5.92. The van der Waals surface area contributed by atoms with Gasteiger partial charge in [-0.2, -0.15) is 15.0 Å². The quantitative estimate of drug-likeness (QED) is 0.417. The molecule has 9 heteroatoms. The summed E-state index contributed by atoms with van der Waals surface area (Å²) in [6.07, 6.45) is 5.67. The third kappa shape index (κ3) is 4.25. The Balaban J connectivity index is 1.52. The molecule has 4 rings (SSSR count). The van der Waals surface area contributed by atoms with Crippen molar-refractivity contribution in [3.8, 4) is 5.69 Å². The maximum atomic E-state index is 13.3. The van der Waals surface area contributed by atoms with Crippen molar-refractivity contribution in [3.05, 3.63) is 66.1 Å². The highest BCUT2D eigenvalue weighted by Crippen LogP contribution is 2.23. The largest absolute Gasteiger partial charge is 0.472 e. The molecule has 0 saturated carbocycles. The van der Waals surface area contributed by atoms with Crippen LogP contribution in [-0.2, 0) is 14.3 Å². The number of hydrogen-bond donors (Lipinski definition) is 0. The Morgan fingerprint density at radius 2 is 2.10 bits per heavy atom. The zero-order chi connectivity index (χ0) is 21.8. The number of rotatable bonds is 5. The SMILES string of the molecule is C=CN=C(OC1CCCN(C(=O)c2ccccc2-n2nccn2)C1)C1=C(C)COC1=O. The van der Waals surface area contributed by atoms with Gasteiger partial charge < -0.3 is 14.4 Å². The maximum absolute atomic E-state index is 13.3. The topological polar surface area (TPSA) is 98.9 Å². The fourth-order valence-corrected chi connectivity index (χ4v) is 3.72. The first-order valence-corrected chi connectivity index (χ1v) is 10.1. The normalized spacial score (nSPS) is 19.4. The van der Waals surface area contributed by atoms with E-state index in [1.807, 2.05) is 12.1 Å². The van der Waals surface area contributed by atoms with E-state index in [4.69, 9.17) is 9.47 Å². The summed E-state index contributed by atoms with van der Waals surface area (Å²) in [5.41, 5.74) is 2.22. The number of carbonyl (C=O) groups is 2. The van der Waals surface area contributed by atoms with Crippen molar-refractivity contribution in [2.75, 3.05) is 19.7 Å². The molecular weight excluding hydrogens is 398 g/mol. The van der Waals surface area contributed by atoms with Gasteiger partial charge in [-0.1, -0.05) is 18.7 Å². The number of nitrogens with zero attached hydrogens (tertiary/aromatic N) is 5. The Labute approximate surface area is 179 Å². The van der Waals surface area contributed by atoms with Crippen molar-refractivity contribution < 1.29 is 19.1 Å². The second-order valence-corrected chi connectivity index (χ2v) is 7.32. The average Bonchev–Trinajstić information content (AvgIpc) is 3.43. The lowest BCUT2D eigenvalue weighted by molar-refractivity contribution is -0.135. The summed E-state index contributed by atoms with van der Waals surface area (Å²) in [4.78, 5) is 32.7. The van der Waals surface area contributed by atoms with Crippen LogP contribution < -0.4 is 0 Å². The van der Waals surface area contributed by atoms with Gasteiger partial charge in [0.2, 0.25) is 5.90 Å². The van der Waals surface area contributed by atoms with Gasteiger partial charge in [0.1, 0.15) is 18.3 Å². The van der Waals surface area contributed by atoms with Crippen LogP contribution in [0.3, 0.4) is 0 Å². The predicted octanol–water partition coefficient (Wildman–Crippen LogP) is 2.30. The second kappa shape index (κ2) is 8.95. The Bertz CT molecular complexity index is 1060. The minimum atomic E-state index is -0.456. The van der Waals surface area contributed by atoms with Crippen LogP contribution in [0.5, 0.6) is 0 Å². The standard InChI is InChI=1S/C22H23N5O4/c1-3-23-20(19-15(2)14-30-22(19)29)31-16-7-6-12-26(13-16)21(28)17-8-4-5-9-18(17)27-24-10-11-25-27/h3-5,8-11,16H,1,6-7,12-14H2,2H3. The van der Waals surface area contributed by atoms with Crippen LogP contribution in [-0.4, -0.2) is 63.5 Å². The van der Waals surface area contributed by atoms with E-state index in [-0.39, 0.29) is 24.5 Å². The third-order valence-electron chi connectivity index (χ3n) is 5.19. The minimum absolute atomic E-state index is 0.126. The van der Waals surface area contributed by atoms with Gasteiger partial charge in [-0.3, -0.25) is 4.79 Å². The zero-order valence-corrected chi connectivity index (χ0v) is 17.2. The van der Waals surface area contributed by atoms with Crippen LogP contribution in [0.4, 0.5) is 0 Å². The van der Waals surface area contributed by atoms with Crippen molar-refractivity contribution in [1.82, 2.24) is 19.9 Å². The highest BCUT2D eigenvalue weighted by atomic mass is 16.5. The van der Waals surface area contributed by atoms with Crippen LogP contribution in [0.1, 0.15) is 30.1 Å². The molecular formula is C22H23N5O4. The minimum Gasteiger partial charge on any atom is -0.472 e. The number of piperidine rings is 1.